The van der Waals surface area contributed by atoms with Gasteiger partial charge in [0.1, 0.15) is 40.8 Å². The standard InChI is InChI=1S/C37H45N5O8/c1-9-22-18-37(22,33(45)46)41-31(43)28-16-24(20-42(28)32(44)30(35(2,3)4)40-34(47)50-36(5,6)7)49-29-17-26(21-11-10-14-38-19-21)39-27-15-23(48-8)12-13-25(27)29/h9-15,17,19,22,24,28,30H,1,16,18,20H2,2-8H3,(H,40,47)(H,41,43)(H,45,46)/t22-,24+,28-,30+,37?/m0/s1. The van der Waals surface area contributed by atoms with Crippen LogP contribution in [0.4, 0.5) is 4.79 Å². The minimum atomic E-state index is -1.51. The number of nitrogens with zero attached hydrogens (tertiary/aromatic N) is 3. The van der Waals surface area contributed by atoms with Gasteiger partial charge in [-0.3, -0.25) is 14.6 Å². The van der Waals surface area contributed by atoms with E-state index in [4.69, 9.17) is 19.2 Å². The Morgan fingerprint density at radius 2 is 1.86 bits per heavy atom. The van der Waals surface area contributed by atoms with Crippen LogP contribution in [0.2, 0.25) is 0 Å². The fourth-order valence-electron chi connectivity index (χ4n) is 6.18. The summed E-state index contributed by atoms with van der Waals surface area (Å²) in [5.41, 5.74) is -1.17. The van der Waals surface area contributed by atoms with Gasteiger partial charge in [0.05, 0.1) is 24.9 Å². The van der Waals surface area contributed by atoms with E-state index in [1.807, 2.05) is 12.1 Å². The lowest BCUT2D eigenvalue weighted by atomic mass is 9.85. The van der Waals surface area contributed by atoms with E-state index in [2.05, 4.69) is 22.2 Å². The van der Waals surface area contributed by atoms with E-state index in [1.165, 1.54) is 11.0 Å². The van der Waals surface area contributed by atoms with Gasteiger partial charge in [0.15, 0.2) is 0 Å². The number of fused-ring (bicyclic) bond motifs is 1. The molecular weight excluding hydrogens is 642 g/mol. The summed E-state index contributed by atoms with van der Waals surface area (Å²) in [7, 11) is 1.56. The van der Waals surface area contributed by atoms with Gasteiger partial charge in [-0.2, -0.15) is 0 Å². The monoisotopic (exact) mass is 687 g/mol. The molecule has 50 heavy (non-hydrogen) atoms. The maximum absolute atomic E-state index is 14.4. The molecule has 5 rings (SSSR count). The number of hydrogen-bond donors (Lipinski definition) is 3. The van der Waals surface area contributed by atoms with Crippen molar-refractivity contribution in [1.29, 1.82) is 0 Å². The number of benzene rings is 1. The number of alkyl carbamates (subject to hydrolysis) is 1. The van der Waals surface area contributed by atoms with Gasteiger partial charge >= 0.3 is 12.1 Å². The van der Waals surface area contributed by atoms with Gasteiger partial charge in [-0.05, 0) is 56.9 Å². The molecule has 0 spiro atoms. The third kappa shape index (κ3) is 7.66. The van der Waals surface area contributed by atoms with Crippen LogP contribution >= 0.6 is 0 Å². The van der Waals surface area contributed by atoms with Gasteiger partial charge in [-0.1, -0.05) is 26.8 Å². The quantitative estimate of drug-likeness (QED) is 0.253. The van der Waals surface area contributed by atoms with E-state index in [0.29, 0.717) is 28.1 Å². The lowest BCUT2D eigenvalue weighted by Gasteiger charge is -2.35. The Balaban J connectivity index is 1.51. The minimum absolute atomic E-state index is 0.0212. The van der Waals surface area contributed by atoms with Crippen LogP contribution in [0.25, 0.3) is 22.2 Å². The van der Waals surface area contributed by atoms with Crippen LogP contribution in [0.1, 0.15) is 54.4 Å². The first kappa shape index (κ1) is 36.1. The Hall–Kier alpha value is -5.20. The smallest absolute Gasteiger partial charge is 0.408 e. The average molecular weight is 688 g/mol. The van der Waals surface area contributed by atoms with Crippen LogP contribution in [-0.4, -0.2) is 86.8 Å². The average Bonchev–Trinajstić information content (AvgIpc) is 3.61. The number of carboxylic acid groups (broad SMARTS) is 1. The van der Waals surface area contributed by atoms with Gasteiger partial charge in [0.2, 0.25) is 11.8 Å². The number of carbonyl (C=O) groups excluding carboxylic acids is 3. The molecule has 3 N–H and O–H groups in total. The molecule has 266 valence electrons. The Kier molecular flexibility index (Phi) is 9.82. The molecule has 0 bridgehead atoms. The van der Waals surface area contributed by atoms with Crippen molar-refractivity contribution in [3.63, 3.8) is 0 Å². The van der Waals surface area contributed by atoms with Crippen LogP contribution in [0.5, 0.6) is 11.5 Å². The van der Waals surface area contributed by atoms with E-state index in [-0.39, 0.29) is 19.4 Å². The lowest BCUT2D eigenvalue weighted by Crippen LogP contribution is -2.59. The molecule has 1 aliphatic heterocycles. The molecule has 2 fully saturated rings. The van der Waals surface area contributed by atoms with Crippen molar-refractivity contribution >= 4 is 34.8 Å². The van der Waals surface area contributed by atoms with Crippen molar-refractivity contribution in [3.8, 4) is 22.8 Å². The highest BCUT2D eigenvalue weighted by molar-refractivity contribution is 5.96. The summed E-state index contributed by atoms with van der Waals surface area (Å²) in [5, 5.41) is 16.1. The number of amides is 3. The molecule has 3 amide bonds. The molecule has 1 aromatic carbocycles. The van der Waals surface area contributed by atoms with Gasteiger partial charge in [0, 0.05) is 47.8 Å². The van der Waals surface area contributed by atoms with Gasteiger partial charge in [-0.25, -0.2) is 14.6 Å². The van der Waals surface area contributed by atoms with Crippen molar-refractivity contribution in [2.45, 2.75) is 83.7 Å². The molecule has 1 saturated carbocycles. The van der Waals surface area contributed by atoms with Crippen molar-refractivity contribution in [2.75, 3.05) is 13.7 Å². The highest BCUT2D eigenvalue weighted by Crippen LogP contribution is 2.45. The Bertz CT molecular complexity index is 1800. The number of aromatic nitrogens is 2. The number of aliphatic carboxylic acids is 1. The SMILES string of the molecule is C=C[C@H]1CC1(NC(=O)[C@@H]1C[C@@H](Oc2cc(-c3cccnc3)nc3cc(OC)ccc23)CN1C(=O)[C@@H](NC(=O)OC(C)(C)C)C(C)(C)C)C(=O)O. The summed E-state index contributed by atoms with van der Waals surface area (Å²) in [4.78, 5) is 64.0. The largest absolute Gasteiger partial charge is 0.497 e. The highest BCUT2D eigenvalue weighted by Gasteiger charge is 2.61. The van der Waals surface area contributed by atoms with Crippen LogP contribution < -0.4 is 20.1 Å². The molecule has 5 atom stereocenters. The second kappa shape index (κ2) is 13.6. The topological polar surface area (TPSA) is 169 Å². The fraction of sp³-hybridized carbons (Fsp3) is 0.459. The summed E-state index contributed by atoms with van der Waals surface area (Å²) in [6.07, 6.45) is 3.62. The minimum Gasteiger partial charge on any atom is -0.497 e. The van der Waals surface area contributed by atoms with Crippen LogP contribution in [0, 0.1) is 11.3 Å². The number of pyridine rings is 2. The molecule has 3 heterocycles. The first-order chi connectivity index (χ1) is 23.5. The van der Waals surface area contributed by atoms with Crippen LogP contribution in [0.15, 0.2) is 61.4 Å². The van der Waals surface area contributed by atoms with Crippen molar-refractivity contribution in [1.82, 2.24) is 25.5 Å². The third-order valence-electron chi connectivity index (χ3n) is 8.88. The number of ether oxygens (including phenoxy) is 3. The lowest BCUT2D eigenvalue weighted by molar-refractivity contribution is -0.146. The van der Waals surface area contributed by atoms with E-state index in [1.54, 1.807) is 85.3 Å². The number of rotatable bonds is 10. The van der Waals surface area contributed by atoms with Crippen molar-refractivity contribution < 1.29 is 38.5 Å². The number of methoxy groups -OCH3 is 1. The predicted octanol–water partition coefficient (Wildman–Crippen LogP) is 4.74. The van der Waals surface area contributed by atoms with Gasteiger partial charge in [0.25, 0.3) is 0 Å². The van der Waals surface area contributed by atoms with Crippen LogP contribution in [0.3, 0.4) is 0 Å². The molecule has 13 heteroatoms. The first-order valence-electron chi connectivity index (χ1n) is 16.5. The predicted molar refractivity (Wildman–Crippen MR) is 185 cm³/mol. The van der Waals surface area contributed by atoms with E-state index >= 15 is 0 Å². The van der Waals surface area contributed by atoms with Crippen molar-refractivity contribution in [3.05, 3.63) is 61.4 Å². The molecule has 2 aromatic heterocycles. The van der Waals surface area contributed by atoms with E-state index < -0.39 is 64.5 Å². The summed E-state index contributed by atoms with van der Waals surface area (Å²) in [6, 6.07) is 8.66. The number of carboxylic acids is 1. The number of nitrogens with one attached hydrogen (secondary N) is 2. The molecule has 3 aromatic rings. The zero-order chi connectivity index (χ0) is 36.6. The molecule has 13 nitrogen and oxygen atoms in total. The molecule has 1 saturated heterocycles. The highest BCUT2D eigenvalue weighted by atomic mass is 16.6. The third-order valence-corrected chi connectivity index (χ3v) is 8.88. The number of likely N-dealkylation sites (tertiary alicyclic amines) is 1. The Labute approximate surface area is 291 Å². The van der Waals surface area contributed by atoms with Gasteiger partial charge < -0.3 is 34.9 Å². The molecule has 1 aliphatic carbocycles. The zero-order valence-corrected chi connectivity index (χ0v) is 29.5. The summed E-state index contributed by atoms with van der Waals surface area (Å²) < 4.78 is 17.5. The number of hydrogen-bond acceptors (Lipinski definition) is 9. The van der Waals surface area contributed by atoms with E-state index in [9.17, 15) is 24.3 Å². The van der Waals surface area contributed by atoms with Gasteiger partial charge in [-0.15, -0.1) is 6.58 Å². The summed E-state index contributed by atoms with van der Waals surface area (Å²) >= 11 is 0. The summed E-state index contributed by atoms with van der Waals surface area (Å²) in [6.45, 7) is 14.2. The van der Waals surface area contributed by atoms with Crippen molar-refractivity contribution in [2.24, 2.45) is 11.3 Å². The normalized spacial score (nSPS) is 22.3. The van der Waals surface area contributed by atoms with Crippen LogP contribution in [-0.2, 0) is 19.1 Å². The molecule has 0 radical (unpaired) electrons. The maximum atomic E-state index is 14.4. The second-order valence-electron chi connectivity index (χ2n) is 14.9. The zero-order valence-electron chi connectivity index (χ0n) is 29.5. The van der Waals surface area contributed by atoms with E-state index in [0.717, 1.165) is 5.56 Å². The molecule has 1 unspecified atom stereocenters. The molecule has 2 aliphatic rings. The molecular formula is C37H45N5O8. The maximum Gasteiger partial charge on any atom is 0.408 e. The number of carbonyl (C=O) groups is 4. The Morgan fingerprint density at radius 3 is 2.44 bits per heavy atom. The Morgan fingerprint density at radius 1 is 1.12 bits per heavy atom. The fourth-order valence-corrected chi connectivity index (χ4v) is 6.18. The first-order valence-corrected chi connectivity index (χ1v) is 16.5. The summed E-state index contributed by atoms with van der Waals surface area (Å²) in [5.74, 6) is -1.74. The second-order valence-corrected chi connectivity index (χ2v) is 14.9.